The van der Waals surface area contributed by atoms with Gasteiger partial charge in [-0.05, 0) is 31.9 Å². The SMILES string of the molecule is Cc1c(/C=N\NC(=O)CN2CCCCCC2=O)n(C)n(-c2ccccc2)c1=O. The second-order valence-corrected chi connectivity index (χ2v) is 6.91. The lowest BCUT2D eigenvalue weighted by atomic mass is 10.2. The standard InChI is InChI=1S/C20H25N5O3/c1-15-17(23(2)25(20(15)28)16-9-5-3-6-10-16)13-21-22-18(26)14-24-12-8-4-7-11-19(24)27/h3,5-6,9-10,13H,4,7-8,11-12,14H2,1-2H3,(H,22,26)/b21-13-. The van der Waals surface area contributed by atoms with E-state index in [1.165, 1.54) is 6.21 Å². The van der Waals surface area contributed by atoms with E-state index in [0.29, 0.717) is 24.2 Å². The van der Waals surface area contributed by atoms with E-state index in [1.807, 2.05) is 30.3 Å². The predicted octanol–water partition coefficient (Wildman–Crippen LogP) is 1.34. The fourth-order valence-corrected chi connectivity index (χ4v) is 3.37. The van der Waals surface area contributed by atoms with Crippen molar-refractivity contribution < 1.29 is 9.59 Å². The van der Waals surface area contributed by atoms with Gasteiger partial charge in [0, 0.05) is 25.6 Å². The molecular formula is C20H25N5O3. The summed E-state index contributed by atoms with van der Waals surface area (Å²) in [7, 11) is 1.76. The summed E-state index contributed by atoms with van der Waals surface area (Å²) in [6.45, 7) is 2.32. The summed E-state index contributed by atoms with van der Waals surface area (Å²) in [6, 6.07) is 9.31. The number of rotatable bonds is 5. The van der Waals surface area contributed by atoms with Gasteiger partial charge >= 0.3 is 0 Å². The topological polar surface area (TPSA) is 88.7 Å². The van der Waals surface area contributed by atoms with Crippen molar-refractivity contribution in [3.63, 3.8) is 0 Å². The molecule has 2 amide bonds. The Morgan fingerprint density at radius 2 is 1.93 bits per heavy atom. The van der Waals surface area contributed by atoms with Gasteiger partial charge in [-0.3, -0.25) is 19.1 Å². The van der Waals surface area contributed by atoms with E-state index in [2.05, 4.69) is 10.5 Å². The first-order valence-electron chi connectivity index (χ1n) is 9.42. The number of para-hydroxylation sites is 1. The molecule has 3 rings (SSSR count). The maximum Gasteiger partial charge on any atom is 0.274 e. The van der Waals surface area contributed by atoms with Crippen LogP contribution in [0.2, 0.25) is 0 Å². The van der Waals surface area contributed by atoms with Crippen LogP contribution in [-0.4, -0.2) is 45.4 Å². The quantitative estimate of drug-likeness (QED) is 0.624. The molecule has 1 aliphatic heterocycles. The lowest BCUT2D eigenvalue weighted by molar-refractivity contribution is -0.135. The second kappa shape index (κ2) is 8.69. The van der Waals surface area contributed by atoms with Gasteiger partial charge in [-0.25, -0.2) is 10.1 Å². The van der Waals surface area contributed by atoms with E-state index in [1.54, 1.807) is 28.2 Å². The molecule has 0 saturated carbocycles. The first-order chi connectivity index (χ1) is 13.5. The lowest BCUT2D eigenvalue weighted by Crippen LogP contribution is -2.39. The predicted molar refractivity (Wildman–Crippen MR) is 107 cm³/mol. The molecule has 1 aromatic heterocycles. The van der Waals surface area contributed by atoms with Crippen LogP contribution in [0.1, 0.15) is 36.9 Å². The maximum absolute atomic E-state index is 12.6. The summed E-state index contributed by atoms with van der Waals surface area (Å²) in [5.74, 6) is -0.341. The van der Waals surface area contributed by atoms with Crippen LogP contribution in [0.15, 0.2) is 40.2 Å². The van der Waals surface area contributed by atoms with Gasteiger partial charge in [0.1, 0.15) is 6.54 Å². The van der Waals surface area contributed by atoms with Gasteiger partial charge in [0.25, 0.3) is 11.5 Å². The number of hydrogen-bond donors (Lipinski definition) is 1. The number of carbonyl (C=O) groups is 2. The molecule has 0 unspecified atom stereocenters. The van der Waals surface area contributed by atoms with Crippen molar-refractivity contribution in [1.82, 2.24) is 19.7 Å². The van der Waals surface area contributed by atoms with E-state index in [9.17, 15) is 14.4 Å². The van der Waals surface area contributed by atoms with Gasteiger partial charge in [-0.15, -0.1) is 0 Å². The summed E-state index contributed by atoms with van der Waals surface area (Å²) in [4.78, 5) is 38.3. The maximum atomic E-state index is 12.6. The molecule has 0 aliphatic carbocycles. The van der Waals surface area contributed by atoms with Crippen LogP contribution in [0.5, 0.6) is 0 Å². The molecule has 1 fully saturated rings. The number of hydrazone groups is 1. The largest absolute Gasteiger partial charge is 0.333 e. The van der Waals surface area contributed by atoms with Crippen LogP contribution in [0.3, 0.4) is 0 Å². The summed E-state index contributed by atoms with van der Waals surface area (Å²) < 4.78 is 3.25. The molecule has 28 heavy (non-hydrogen) atoms. The highest BCUT2D eigenvalue weighted by atomic mass is 16.2. The monoisotopic (exact) mass is 383 g/mol. The van der Waals surface area contributed by atoms with Gasteiger partial charge < -0.3 is 4.90 Å². The first-order valence-corrected chi connectivity index (χ1v) is 9.42. The molecule has 8 nitrogen and oxygen atoms in total. The molecule has 8 heteroatoms. The zero-order chi connectivity index (χ0) is 20.1. The van der Waals surface area contributed by atoms with Gasteiger partial charge in [0.15, 0.2) is 0 Å². The fraction of sp³-hybridized carbons (Fsp3) is 0.400. The molecule has 1 saturated heterocycles. The minimum atomic E-state index is -0.350. The Kier molecular flexibility index (Phi) is 6.08. The van der Waals surface area contributed by atoms with Gasteiger partial charge in [-0.2, -0.15) is 5.10 Å². The van der Waals surface area contributed by atoms with E-state index >= 15 is 0 Å². The highest BCUT2D eigenvalue weighted by Gasteiger charge is 2.19. The van der Waals surface area contributed by atoms with E-state index in [0.717, 1.165) is 24.9 Å². The number of carbonyl (C=O) groups excluding carboxylic acids is 2. The molecule has 1 N–H and O–H groups in total. The fourth-order valence-electron chi connectivity index (χ4n) is 3.37. The molecule has 148 valence electrons. The highest BCUT2D eigenvalue weighted by Crippen LogP contribution is 2.11. The van der Waals surface area contributed by atoms with E-state index < -0.39 is 0 Å². The molecule has 1 aliphatic rings. The molecular weight excluding hydrogens is 358 g/mol. The van der Waals surface area contributed by atoms with Crippen molar-refractivity contribution in [3.8, 4) is 5.69 Å². The molecule has 0 bridgehead atoms. The van der Waals surface area contributed by atoms with Gasteiger partial charge in [0.05, 0.1) is 17.6 Å². The molecule has 2 heterocycles. The van der Waals surface area contributed by atoms with Crippen molar-refractivity contribution in [3.05, 3.63) is 51.9 Å². The third-order valence-corrected chi connectivity index (χ3v) is 4.93. The minimum absolute atomic E-state index is 0.000880. The van der Waals surface area contributed by atoms with Crippen molar-refractivity contribution in [1.29, 1.82) is 0 Å². The number of aromatic nitrogens is 2. The Bertz CT molecular complexity index is 943. The Hall–Kier alpha value is -3.16. The highest BCUT2D eigenvalue weighted by molar-refractivity contribution is 5.86. The first kappa shape index (κ1) is 19.6. The summed E-state index contributed by atoms with van der Waals surface area (Å²) in [5.41, 5.74) is 4.20. The zero-order valence-electron chi connectivity index (χ0n) is 16.2. The Balaban J connectivity index is 1.70. The molecule has 1 aromatic carbocycles. The number of nitrogens with zero attached hydrogens (tertiary/aromatic N) is 4. The van der Waals surface area contributed by atoms with Crippen LogP contribution in [-0.2, 0) is 16.6 Å². The number of likely N-dealkylation sites (tertiary alicyclic amines) is 1. The normalized spacial score (nSPS) is 15.1. The van der Waals surface area contributed by atoms with E-state index in [-0.39, 0.29) is 23.9 Å². The van der Waals surface area contributed by atoms with Crippen molar-refractivity contribution in [2.75, 3.05) is 13.1 Å². The van der Waals surface area contributed by atoms with Gasteiger partial charge in [0.2, 0.25) is 5.91 Å². The Labute approximate surface area is 163 Å². The second-order valence-electron chi connectivity index (χ2n) is 6.91. The average molecular weight is 383 g/mol. The third kappa shape index (κ3) is 4.21. The summed E-state index contributed by atoms with van der Waals surface area (Å²) in [6.07, 6.45) is 4.74. The smallest absolute Gasteiger partial charge is 0.274 e. The Morgan fingerprint density at radius 3 is 2.68 bits per heavy atom. The summed E-state index contributed by atoms with van der Waals surface area (Å²) in [5, 5.41) is 3.99. The summed E-state index contributed by atoms with van der Waals surface area (Å²) >= 11 is 0. The van der Waals surface area contributed by atoms with Crippen LogP contribution < -0.4 is 11.0 Å². The number of benzene rings is 1. The van der Waals surface area contributed by atoms with Crippen LogP contribution >= 0.6 is 0 Å². The Morgan fingerprint density at radius 1 is 1.18 bits per heavy atom. The van der Waals surface area contributed by atoms with Crippen LogP contribution in [0.4, 0.5) is 0 Å². The minimum Gasteiger partial charge on any atom is -0.333 e. The van der Waals surface area contributed by atoms with Crippen LogP contribution in [0, 0.1) is 6.92 Å². The molecule has 0 radical (unpaired) electrons. The number of nitrogens with one attached hydrogen (secondary N) is 1. The number of amides is 2. The van der Waals surface area contributed by atoms with Crippen LogP contribution in [0.25, 0.3) is 5.69 Å². The van der Waals surface area contributed by atoms with Crippen molar-refractivity contribution >= 4 is 18.0 Å². The molecule has 2 aromatic rings. The van der Waals surface area contributed by atoms with E-state index in [4.69, 9.17) is 0 Å². The van der Waals surface area contributed by atoms with Crippen molar-refractivity contribution in [2.24, 2.45) is 12.1 Å². The van der Waals surface area contributed by atoms with Gasteiger partial charge in [-0.1, -0.05) is 24.6 Å². The third-order valence-electron chi connectivity index (χ3n) is 4.93. The lowest BCUT2D eigenvalue weighted by Gasteiger charge is -2.18. The average Bonchev–Trinajstić information content (AvgIpc) is 2.81. The number of hydrogen-bond acceptors (Lipinski definition) is 4. The molecule has 0 atom stereocenters. The zero-order valence-corrected chi connectivity index (χ0v) is 16.2. The van der Waals surface area contributed by atoms with Crippen molar-refractivity contribution in [2.45, 2.75) is 32.6 Å². The molecule has 0 spiro atoms.